The Morgan fingerprint density at radius 3 is 2.53 bits per heavy atom. The Balaban J connectivity index is 1.97. The molecule has 0 amide bonds. The number of hydrogen-bond donors (Lipinski definition) is 1. The topological polar surface area (TPSA) is 37.8 Å². The molecule has 2 heterocycles. The van der Waals surface area contributed by atoms with Gasteiger partial charge in [-0.1, -0.05) is 0 Å². The van der Waals surface area contributed by atoms with E-state index in [0.717, 1.165) is 6.54 Å². The molecule has 0 fully saturated rings. The number of nitrogens with zero attached hydrogens (tertiary/aromatic N) is 2. The van der Waals surface area contributed by atoms with Gasteiger partial charge in [0.2, 0.25) is 0 Å². The van der Waals surface area contributed by atoms with Crippen LogP contribution in [0.3, 0.4) is 0 Å². The summed E-state index contributed by atoms with van der Waals surface area (Å²) in [5.74, 6) is 0. The van der Waals surface area contributed by atoms with Crippen LogP contribution in [0.1, 0.15) is 29.7 Å². The predicted molar refractivity (Wildman–Crippen MR) is 68.5 cm³/mol. The molecule has 1 unspecified atom stereocenters. The van der Waals surface area contributed by atoms with Crippen molar-refractivity contribution in [1.29, 1.82) is 0 Å². The Morgan fingerprint density at radius 1 is 1.12 bits per heavy atom. The number of aromatic nitrogens is 2. The van der Waals surface area contributed by atoms with Crippen molar-refractivity contribution in [3.63, 3.8) is 0 Å². The number of hydrogen-bond acceptors (Lipinski definition) is 3. The molecule has 3 nitrogen and oxygen atoms in total. The van der Waals surface area contributed by atoms with Crippen molar-refractivity contribution in [1.82, 2.24) is 15.3 Å². The van der Waals surface area contributed by atoms with Crippen LogP contribution in [0.5, 0.6) is 0 Å². The zero-order valence-corrected chi connectivity index (χ0v) is 10.2. The smallest absolute Gasteiger partial charge is 0.0300 e. The predicted octanol–water partition coefficient (Wildman–Crippen LogP) is 2.64. The second-order valence-electron chi connectivity index (χ2n) is 4.19. The molecule has 0 saturated heterocycles. The van der Waals surface area contributed by atoms with Gasteiger partial charge in [0.25, 0.3) is 0 Å². The molecule has 0 radical (unpaired) electrons. The monoisotopic (exact) mass is 227 g/mol. The maximum absolute atomic E-state index is 4.09. The lowest BCUT2D eigenvalue weighted by atomic mass is 10.1. The summed E-state index contributed by atoms with van der Waals surface area (Å²) in [5.41, 5.74) is 3.77. The third-order valence-corrected chi connectivity index (χ3v) is 2.94. The van der Waals surface area contributed by atoms with Crippen molar-refractivity contribution < 1.29 is 0 Å². The van der Waals surface area contributed by atoms with E-state index in [4.69, 9.17) is 0 Å². The molecule has 2 aromatic heterocycles. The van der Waals surface area contributed by atoms with Crippen molar-refractivity contribution in [2.45, 2.75) is 26.4 Å². The Labute approximate surface area is 102 Å². The fourth-order valence-corrected chi connectivity index (χ4v) is 1.73. The molecule has 0 saturated carbocycles. The molecule has 0 spiro atoms. The van der Waals surface area contributed by atoms with Crippen molar-refractivity contribution in [3.05, 3.63) is 59.7 Å². The number of pyridine rings is 2. The van der Waals surface area contributed by atoms with Crippen molar-refractivity contribution >= 4 is 0 Å². The molecule has 0 aromatic carbocycles. The standard InChI is InChI=1S/C14H17N3/c1-11-9-16-8-5-14(11)10-17-12(2)13-3-6-15-7-4-13/h3-9,12,17H,10H2,1-2H3. The van der Waals surface area contributed by atoms with Gasteiger partial charge < -0.3 is 5.32 Å². The quantitative estimate of drug-likeness (QED) is 0.872. The molecule has 0 aliphatic heterocycles. The Hall–Kier alpha value is -1.74. The zero-order chi connectivity index (χ0) is 12.1. The fourth-order valence-electron chi connectivity index (χ4n) is 1.73. The Kier molecular flexibility index (Phi) is 3.83. The van der Waals surface area contributed by atoms with Crippen LogP contribution in [0.2, 0.25) is 0 Å². The molecular weight excluding hydrogens is 210 g/mol. The molecule has 3 heteroatoms. The van der Waals surface area contributed by atoms with Gasteiger partial charge in [0, 0.05) is 37.4 Å². The van der Waals surface area contributed by atoms with E-state index in [2.05, 4.69) is 35.2 Å². The minimum Gasteiger partial charge on any atom is -0.306 e. The molecule has 88 valence electrons. The van der Waals surface area contributed by atoms with E-state index < -0.39 is 0 Å². The SMILES string of the molecule is Cc1cnccc1CNC(C)c1ccncc1. The van der Waals surface area contributed by atoms with Gasteiger partial charge in [-0.2, -0.15) is 0 Å². The molecule has 0 bridgehead atoms. The molecule has 1 N–H and O–H groups in total. The second kappa shape index (κ2) is 5.55. The van der Waals surface area contributed by atoms with Crippen LogP contribution in [0.15, 0.2) is 43.0 Å². The number of rotatable bonds is 4. The zero-order valence-electron chi connectivity index (χ0n) is 10.2. The lowest BCUT2D eigenvalue weighted by Crippen LogP contribution is -2.18. The van der Waals surface area contributed by atoms with Gasteiger partial charge in [-0.3, -0.25) is 9.97 Å². The average molecular weight is 227 g/mol. The first-order valence-electron chi connectivity index (χ1n) is 5.80. The first-order chi connectivity index (χ1) is 8.27. The van der Waals surface area contributed by atoms with Crippen molar-refractivity contribution in [3.8, 4) is 0 Å². The maximum Gasteiger partial charge on any atom is 0.0300 e. The van der Waals surface area contributed by atoms with Crippen molar-refractivity contribution in [2.75, 3.05) is 0 Å². The molecule has 17 heavy (non-hydrogen) atoms. The van der Waals surface area contributed by atoms with Gasteiger partial charge in [0.05, 0.1) is 0 Å². The normalized spacial score (nSPS) is 12.4. The molecule has 1 atom stereocenters. The average Bonchev–Trinajstić information content (AvgIpc) is 2.38. The number of nitrogens with one attached hydrogen (secondary N) is 1. The van der Waals surface area contributed by atoms with Crippen LogP contribution in [0.25, 0.3) is 0 Å². The molecule has 0 aliphatic carbocycles. The van der Waals surface area contributed by atoms with Gasteiger partial charge in [0.1, 0.15) is 0 Å². The minimum atomic E-state index is 0.325. The van der Waals surface area contributed by atoms with E-state index in [-0.39, 0.29) is 0 Å². The highest BCUT2D eigenvalue weighted by Crippen LogP contribution is 2.12. The molecule has 0 aliphatic rings. The summed E-state index contributed by atoms with van der Waals surface area (Å²) < 4.78 is 0. The summed E-state index contributed by atoms with van der Waals surface area (Å²) >= 11 is 0. The van der Waals surface area contributed by atoms with Gasteiger partial charge >= 0.3 is 0 Å². The summed E-state index contributed by atoms with van der Waals surface area (Å²) in [6, 6.07) is 6.46. The van der Waals surface area contributed by atoms with E-state index >= 15 is 0 Å². The first-order valence-corrected chi connectivity index (χ1v) is 5.80. The van der Waals surface area contributed by atoms with E-state index in [0.29, 0.717) is 6.04 Å². The molecule has 2 aromatic rings. The highest BCUT2D eigenvalue weighted by atomic mass is 14.9. The lowest BCUT2D eigenvalue weighted by molar-refractivity contribution is 0.572. The fraction of sp³-hybridized carbons (Fsp3) is 0.286. The number of aryl methyl sites for hydroxylation is 1. The summed E-state index contributed by atoms with van der Waals surface area (Å²) in [6.07, 6.45) is 7.38. The van der Waals surface area contributed by atoms with Gasteiger partial charge in [-0.25, -0.2) is 0 Å². The van der Waals surface area contributed by atoms with Crippen LogP contribution in [-0.4, -0.2) is 9.97 Å². The van der Waals surface area contributed by atoms with Crippen LogP contribution in [0, 0.1) is 6.92 Å². The van der Waals surface area contributed by atoms with Crippen molar-refractivity contribution in [2.24, 2.45) is 0 Å². The van der Waals surface area contributed by atoms with Gasteiger partial charge in [-0.05, 0) is 48.7 Å². The first kappa shape index (κ1) is 11.7. The van der Waals surface area contributed by atoms with Crippen LogP contribution < -0.4 is 5.32 Å². The van der Waals surface area contributed by atoms with E-state index in [1.54, 1.807) is 0 Å². The van der Waals surface area contributed by atoms with Crippen LogP contribution in [0.4, 0.5) is 0 Å². The summed E-state index contributed by atoms with van der Waals surface area (Å²) in [4.78, 5) is 8.12. The second-order valence-corrected chi connectivity index (χ2v) is 4.19. The Bertz CT molecular complexity index is 468. The van der Waals surface area contributed by atoms with E-state index in [9.17, 15) is 0 Å². The Morgan fingerprint density at radius 2 is 1.82 bits per heavy atom. The lowest BCUT2D eigenvalue weighted by Gasteiger charge is -2.14. The highest BCUT2D eigenvalue weighted by Gasteiger charge is 2.04. The summed E-state index contributed by atoms with van der Waals surface area (Å²) in [7, 11) is 0. The maximum atomic E-state index is 4.09. The van der Waals surface area contributed by atoms with E-state index in [1.807, 2.05) is 36.9 Å². The van der Waals surface area contributed by atoms with Crippen LogP contribution in [-0.2, 0) is 6.54 Å². The highest BCUT2D eigenvalue weighted by molar-refractivity contribution is 5.22. The largest absolute Gasteiger partial charge is 0.306 e. The third-order valence-electron chi connectivity index (χ3n) is 2.94. The van der Waals surface area contributed by atoms with Gasteiger partial charge in [0.15, 0.2) is 0 Å². The van der Waals surface area contributed by atoms with Crippen LogP contribution >= 0.6 is 0 Å². The third kappa shape index (κ3) is 3.11. The minimum absolute atomic E-state index is 0.325. The molecular formula is C14H17N3. The summed E-state index contributed by atoms with van der Waals surface area (Å²) in [5, 5.41) is 3.50. The van der Waals surface area contributed by atoms with Gasteiger partial charge in [-0.15, -0.1) is 0 Å². The van der Waals surface area contributed by atoms with E-state index in [1.165, 1.54) is 16.7 Å². The summed E-state index contributed by atoms with van der Waals surface area (Å²) in [6.45, 7) is 5.10. The molecule has 2 rings (SSSR count).